The maximum atomic E-state index is 4.83. The van der Waals surface area contributed by atoms with Crippen molar-refractivity contribution in [3.8, 4) is 0 Å². The lowest BCUT2D eigenvalue weighted by molar-refractivity contribution is 0.220. The van der Waals surface area contributed by atoms with Crippen LogP contribution in [0.1, 0.15) is 76.5 Å². The van der Waals surface area contributed by atoms with E-state index < -0.39 is 0 Å². The molecule has 0 atom stereocenters. The second-order valence-electron chi connectivity index (χ2n) is 7.82. The molecule has 3 nitrogen and oxygen atoms in total. The highest BCUT2D eigenvalue weighted by Crippen LogP contribution is 2.41. The van der Waals surface area contributed by atoms with E-state index in [1.165, 1.54) is 25.7 Å². The lowest BCUT2D eigenvalue weighted by Crippen LogP contribution is -2.23. The van der Waals surface area contributed by atoms with Crippen molar-refractivity contribution in [2.24, 2.45) is 11.3 Å². The molecule has 0 radical (unpaired) electrons. The summed E-state index contributed by atoms with van der Waals surface area (Å²) in [5, 5.41) is 3.48. The number of nitrogens with zero attached hydrogens (tertiary/aromatic N) is 2. The van der Waals surface area contributed by atoms with E-state index in [1.807, 2.05) is 0 Å². The van der Waals surface area contributed by atoms with Crippen LogP contribution in [0.5, 0.6) is 0 Å². The van der Waals surface area contributed by atoms with Gasteiger partial charge < -0.3 is 5.32 Å². The molecule has 1 heterocycles. The van der Waals surface area contributed by atoms with Crippen LogP contribution in [0.2, 0.25) is 0 Å². The Hall–Kier alpha value is -0.960. The summed E-state index contributed by atoms with van der Waals surface area (Å²) in [6.07, 6.45) is 5.04. The van der Waals surface area contributed by atoms with Gasteiger partial charge in [-0.15, -0.1) is 0 Å². The Balaban J connectivity index is 2.01. The Labute approximate surface area is 130 Å². The number of hydrogen-bond acceptors (Lipinski definition) is 3. The Morgan fingerprint density at radius 2 is 1.90 bits per heavy atom. The first-order chi connectivity index (χ1) is 9.85. The highest BCUT2D eigenvalue weighted by atomic mass is 14.9. The van der Waals surface area contributed by atoms with E-state index in [-0.39, 0.29) is 0 Å². The van der Waals surface area contributed by atoms with Crippen LogP contribution in [0.3, 0.4) is 0 Å². The topological polar surface area (TPSA) is 37.8 Å². The summed E-state index contributed by atoms with van der Waals surface area (Å²) in [7, 11) is 0. The van der Waals surface area contributed by atoms with Gasteiger partial charge >= 0.3 is 0 Å². The number of hydrogen-bond donors (Lipinski definition) is 1. The van der Waals surface area contributed by atoms with Crippen molar-refractivity contribution in [1.29, 1.82) is 0 Å². The van der Waals surface area contributed by atoms with Crippen LogP contribution in [0.25, 0.3) is 0 Å². The predicted octanol–water partition coefficient (Wildman–Crippen LogP) is 4.21. The smallest absolute Gasteiger partial charge is 0.131 e. The third-order valence-electron chi connectivity index (χ3n) is 4.49. The predicted molar refractivity (Wildman–Crippen MR) is 88.3 cm³/mol. The van der Waals surface area contributed by atoms with Gasteiger partial charge in [-0.25, -0.2) is 9.97 Å². The van der Waals surface area contributed by atoms with Crippen molar-refractivity contribution < 1.29 is 0 Å². The van der Waals surface area contributed by atoms with Crippen LogP contribution in [0.15, 0.2) is 6.07 Å². The van der Waals surface area contributed by atoms with Crippen molar-refractivity contribution in [3.63, 3.8) is 0 Å². The molecule has 118 valence electrons. The summed E-state index contributed by atoms with van der Waals surface area (Å²) >= 11 is 0. The number of rotatable bonds is 5. The Morgan fingerprint density at radius 3 is 2.52 bits per heavy atom. The summed E-state index contributed by atoms with van der Waals surface area (Å²) < 4.78 is 0. The molecule has 0 spiro atoms. The molecule has 1 aliphatic rings. The summed E-state index contributed by atoms with van der Waals surface area (Å²) in [6, 6.07) is 2.11. The zero-order valence-corrected chi connectivity index (χ0v) is 14.4. The first-order valence-electron chi connectivity index (χ1n) is 8.41. The molecule has 0 bridgehead atoms. The van der Waals surface area contributed by atoms with E-state index >= 15 is 0 Å². The lowest BCUT2D eigenvalue weighted by atomic mass is 9.73. The van der Waals surface area contributed by atoms with Crippen molar-refractivity contribution in [3.05, 3.63) is 23.3 Å². The maximum Gasteiger partial charge on any atom is 0.131 e. The molecule has 1 aromatic heterocycles. The summed E-state index contributed by atoms with van der Waals surface area (Å²) in [6.45, 7) is 13.2. The summed E-state index contributed by atoms with van der Waals surface area (Å²) in [5.74, 6) is 2.31. The molecular formula is C18H31N3. The molecular weight excluding hydrogens is 258 g/mol. The van der Waals surface area contributed by atoms with E-state index in [0.717, 1.165) is 30.3 Å². The molecule has 1 aliphatic carbocycles. The molecule has 1 saturated carbocycles. The van der Waals surface area contributed by atoms with Gasteiger partial charge in [0.1, 0.15) is 5.82 Å². The van der Waals surface area contributed by atoms with Gasteiger partial charge in [-0.05, 0) is 56.6 Å². The van der Waals surface area contributed by atoms with Gasteiger partial charge in [0.05, 0.1) is 5.69 Å². The van der Waals surface area contributed by atoms with E-state index in [4.69, 9.17) is 9.97 Å². The monoisotopic (exact) mass is 289 g/mol. The standard InChI is InChI=1S/C18H31N3/c1-13(2)11-19-12-16-10-14(3)20-17(21-16)15-6-8-18(4,5)9-7-15/h10,13,15,19H,6-9,11-12H2,1-5H3. The fourth-order valence-corrected chi connectivity index (χ4v) is 3.08. The van der Waals surface area contributed by atoms with Crippen LogP contribution >= 0.6 is 0 Å². The van der Waals surface area contributed by atoms with Gasteiger partial charge in [0, 0.05) is 18.2 Å². The molecule has 0 amide bonds. The quantitative estimate of drug-likeness (QED) is 0.882. The third kappa shape index (κ3) is 5.06. The fourth-order valence-electron chi connectivity index (χ4n) is 3.08. The van der Waals surface area contributed by atoms with Crippen molar-refractivity contribution in [1.82, 2.24) is 15.3 Å². The Morgan fingerprint density at radius 1 is 1.24 bits per heavy atom. The average molecular weight is 289 g/mol. The van der Waals surface area contributed by atoms with Gasteiger partial charge in [0.25, 0.3) is 0 Å². The molecule has 0 aliphatic heterocycles. The van der Waals surface area contributed by atoms with Crippen molar-refractivity contribution in [2.45, 2.75) is 72.8 Å². The molecule has 21 heavy (non-hydrogen) atoms. The highest BCUT2D eigenvalue weighted by Gasteiger charge is 2.29. The van der Waals surface area contributed by atoms with Crippen LogP contribution in [-0.4, -0.2) is 16.5 Å². The Bertz CT molecular complexity index is 456. The third-order valence-corrected chi connectivity index (χ3v) is 4.49. The molecule has 1 aromatic rings. The minimum atomic E-state index is 0.502. The molecule has 0 saturated heterocycles. The number of nitrogens with one attached hydrogen (secondary N) is 1. The maximum absolute atomic E-state index is 4.83. The first-order valence-corrected chi connectivity index (χ1v) is 8.41. The van der Waals surface area contributed by atoms with E-state index in [1.54, 1.807) is 0 Å². The second-order valence-corrected chi connectivity index (χ2v) is 7.82. The average Bonchev–Trinajstić information content (AvgIpc) is 2.37. The molecule has 0 unspecified atom stereocenters. The molecule has 0 aromatic carbocycles. The van der Waals surface area contributed by atoms with Crippen LogP contribution in [0, 0.1) is 18.3 Å². The van der Waals surface area contributed by atoms with Gasteiger partial charge in [0.2, 0.25) is 0 Å². The highest BCUT2D eigenvalue weighted by molar-refractivity contribution is 5.13. The minimum absolute atomic E-state index is 0.502. The lowest BCUT2D eigenvalue weighted by Gasteiger charge is -2.33. The summed E-state index contributed by atoms with van der Waals surface area (Å²) in [5.41, 5.74) is 2.75. The molecule has 3 heteroatoms. The van der Waals surface area contributed by atoms with Crippen LogP contribution in [0.4, 0.5) is 0 Å². The van der Waals surface area contributed by atoms with E-state index in [0.29, 0.717) is 17.3 Å². The van der Waals surface area contributed by atoms with Crippen LogP contribution < -0.4 is 5.32 Å². The van der Waals surface area contributed by atoms with Gasteiger partial charge in [-0.3, -0.25) is 0 Å². The minimum Gasteiger partial charge on any atom is -0.311 e. The normalized spacial score (nSPS) is 19.1. The second kappa shape index (κ2) is 6.87. The van der Waals surface area contributed by atoms with Crippen molar-refractivity contribution >= 4 is 0 Å². The zero-order chi connectivity index (χ0) is 15.5. The molecule has 1 fully saturated rings. The van der Waals surface area contributed by atoms with Crippen LogP contribution in [-0.2, 0) is 6.54 Å². The summed E-state index contributed by atoms with van der Waals surface area (Å²) in [4.78, 5) is 9.54. The number of aromatic nitrogens is 2. The Kier molecular flexibility index (Phi) is 5.37. The molecule has 2 rings (SSSR count). The SMILES string of the molecule is Cc1cc(CNCC(C)C)nc(C2CCC(C)(C)CC2)n1. The van der Waals surface area contributed by atoms with Gasteiger partial charge in [-0.1, -0.05) is 27.7 Å². The fraction of sp³-hybridized carbons (Fsp3) is 0.778. The molecule has 1 N–H and O–H groups in total. The number of aryl methyl sites for hydroxylation is 1. The van der Waals surface area contributed by atoms with Crippen molar-refractivity contribution in [2.75, 3.05) is 6.54 Å². The first kappa shape index (κ1) is 16.4. The van der Waals surface area contributed by atoms with Gasteiger partial charge in [-0.2, -0.15) is 0 Å². The largest absolute Gasteiger partial charge is 0.311 e. The van der Waals surface area contributed by atoms with E-state index in [2.05, 4.69) is 46.0 Å². The van der Waals surface area contributed by atoms with Gasteiger partial charge in [0.15, 0.2) is 0 Å². The van der Waals surface area contributed by atoms with E-state index in [9.17, 15) is 0 Å². The zero-order valence-electron chi connectivity index (χ0n) is 14.4.